The summed E-state index contributed by atoms with van der Waals surface area (Å²) in [4.78, 5) is 8.63. The fourth-order valence-corrected chi connectivity index (χ4v) is 4.78. The number of anilines is 1. The number of aryl methyl sites for hydroxylation is 1. The molecule has 0 bridgehead atoms. The van der Waals surface area contributed by atoms with Gasteiger partial charge in [0.2, 0.25) is 0 Å². The number of fused-ring (bicyclic) bond motifs is 1. The van der Waals surface area contributed by atoms with E-state index in [1.807, 2.05) is 11.3 Å². The second-order valence-electron chi connectivity index (χ2n) is 5.96. The lowest BCUT2D eigenvalue weighted by Gasteiger charge is -2.41. The van der Waals surface area contributed by atoms with Crippen LogP contribution in [-0.2, 0) is 13.0 Å². The van der Waals surface area contributed by atoms with Crippen LogP contribution in [0.15, 0.2) is 0 Å². The van der Waals surface area contributed by atoms with Crippen LogP contribution >= 0.6 is 11.3 Å². The van der Waals surface area contributed by atoms with Crippen LogP contribution in [0.25, 0.3) is 0 Å². The zero-order chi connectivity index (χ0) is 13.2. The van der Waals surface area contributed by atoms with Gasteiger partial charge in [0.25, 0.3) is 0 Å². The standard InChI is InChI=1S/C15H25N3S/c1-2-13-14(9-16)19-15(17-13)18-8-7-11-5-3-4-6-12(11)10-18/h11-12H,2-10,16H2,1H3. The van der Waals surface area contributed by atoms with E-state index in [-0.39, 0.29) is 0 Å². The maximum absolute atomic E-state index is 5.83. The topological polar surface area (TPSA) is 42.2 Å². The van der Waals surface area contributed by atoms with Crippen LogP contribution in [0.2, 0.25) is 0 Å². The molecule has 0 radical (unpaired) electrons. The lowest BCUT2D eigenvalue weighted by molar-refractivity contribution is 0.202. The molecule has 3 rings (SSSR count). The third-order valence-corrected chi connectivity index (χ3v) is 6.03. The second-order valence-corrected chi connectivity index (χ2v) is 7.03. The van der Waals surface area contributed by atoms with E-state index >= 15 is 0 Å². The van der Waals surface area contributed by atoms with Gasteiger partial charge in [-0.1, -0.05) is 26.2 Å². The average Bonchev–Trinajstić information content (AvgIpc) is 2.90. The highest BCUT2D eigenvalue weighted by Gasteiger charge is 2.32. The van der Waals surface area contributed by atoms with Gasteiger partial charge in [0.05, 0.1) is 5.69 Å². The molecule has 2 unspecified atom stereocenters. The highest BCUT2D eigenvalue weighted by Crippen LogP contribution is 2.38. The van der Waals surface area contributed by atoms with Crippen LogP contribution in [0.4, 0.5) is 5.13 Å². The number of hydrogen-bond acceptors (Lipinski definition) is 4. The van der Waals surface area contributed by atoms with Crippen LogP contribution in [0, 0.1) is 11.8 Å². The molecule has 2 heterocycles. The van der Waals surface area contributed by atoms with Crippen molar-refractivity contribution >= 4 is 16.5 Å². The Hall–Kier alpha value is -0.610. The van der Waals surface area contributed by atoms with Gasteiger partial charge in [-0.15, -0.1) is 11.3 Å². The van der Waals surface area contributed by atoms with E-state index in [1.165, 1.54) is 60.9 Å². The van der Waals surface area contributed by atoms with E-state index in [1.54, 1.807) is 0 Å². The van der Waals surface area contributed by atoms with E-state index in [0.717, 1.165) is 18.3 Å². The monoisotopic (exact) mass is 279 g/mol. The molecule has 2 atom stereocenters. The SMILES string of the molecule is CCc1nc(N2CCC3CCCCC3C2)sc1CN. The summed E-state index contributed by atoms with van der Waals surface area (Å²) in [5.41, 5.74) is 7.04. The Kier molecular flexibility index (Phi) is 4.08. The van der Waals surface area contributed by atoms with E-state index in [0.29, 0.717) is 6.54 Å². The van der Waals surface area contributed by atoms with Gasteiger partial charge < -0.3 is 10.6 Å². The lowest BCUT2D eigenvalue weighted by atomic mass is 9.75. The predicted molar refractivity (Wildman–Crippen MR) is 81.7 cm³/mol. The number of thiazole rings is 1. The number of hydrogen-bond donors (Lipinski definition) is 1. The molecular formula is C15H25N3S. The number of rotatable bonds is 3. The molecule has 106 valence electrons. The summed E-state index contributed by atoms with van der Waals surface area (Å²) in [6.07, 6.45) is 8.14. The smallest absolute Gasteiger partial charge is 0.185 e. The van der Waals surface area contributed by atoms with Crippen LogP contribution in [0.1, 0.15) is 49.6 Å². The maximum atomic E-state index is 5.83. The van der Waals surface area contributed by atoms with Crippen molar-refractivity contribution in [3.05, 3.63) is 10.6 Å². The summed E-state index contributed by atoms with van der Waals surface area (Å²) >= 11 is 1.82. The van der Waals surface area contributed by atoms with Crippen molar-refractivity contribution in [2.45, 2.75) is 52.0 Å². The van der Waals surface area contributed by atoms with Crippen LogP contribution in [-0.4, -0.2) is 18.1 Å². The van der Waals surface area contributed by atoms with Gasteiger partial charge in [-0.25, -0.2) is 4.98 Å². The fraction of sp³-hybridized carbons (Fsp3) is 0.800. The van der Waals surface area contributed by atoms with Gasteiger partial charge >= 0.3 is 0 Å². The average molecular weight is 279 g/mol. The van der Waals surface area contributed by atoms with E-state index in [9.17, 15) is 0 Å². The minimum Gasteiger partial charge on any atom is -0.348 e. The van der Waals surface area contributed by atoms with E-state index in [2.05, 4.69) is 11.8 Å². The Morgan fingerprint density at radius 1 is 1.26 bits per heavy atom. The Labute approximate surface area is 120 Å². The van der Waals surface area contributed by atoms with Crippen LogP contribution in [0.3, 0.4) is 0 Å². The minimum absolute atomic E-state index is 0.640. The minimum atomic E-state index is 0.640. The van der Waals surface area contributed by atoms with Gasteiger partial charge in [0.1, 0.15) is 0 Å². The first-order chi connectivity index (χ1) is 9.31. The van der Waals surface area contributed by atoms with Gasteiger partial charge in [-0.3, -0.25) is 0 Å². The predicted octanol–water partition coefficient (Wildman–Crippen LogP) is 3.18. The molecule has 2 N–H and O–H groups in total. The largest absolute Gasteiger partial charge is 0.348 e. The number of piperidine rings is 1. The Morgan fingerprint density at radius 3 is 2.74 bits per heavy atom. The second kappa shape index (κ2) is 5.80. The molecular weight excluding hydrogens is 254 g/mol. The molecule has 2 aliphatic rings. The van der Waals surface area contributed by atoms with Crippen molar-refractivity contribution in [3.63, 3.8) is 0 Å². The van der Waals surface area contributed by atoms with Gasteiger partial charge in [0, 0.05) is 24.5 Å². The molecule has 3 nitrogen and oxygen atoms in total. The number of aromatic nitrogens is 1. The molecule has 0 aromatic carbocycles. The summed E-state index contributed by atoms with van der Waals surface area (Å²) < 4.78 is 0. The molecule has 1 saturated heterocycles. The Balaban J connectivity index is 1.73. The quantitative estimate of drug-likeness (QED) is 0.924. The molecule has 0 amide bonds. The van der Waals surface area contributed by atoms with Gasteiger partial charge in [0.15, 0.2) is 5.13 Å². The van der Waals surface area contributed by atoms with Crippen molar-refractivity contribution < 1.29 is 0 Å². The first-order valence-electron chi connectivity index (χ1n) is 7.75. The van der Waals surface area contributed by atoms with Crippen LogP contribution in [0.5, 0.6) is 0 Å². The molecule has 1 saturated carbocycles. The zero-order valence-corrected chi connectivity index (χ0v) is 12.7. The molecule has 1 aliphatic carbocycles. The number of nitrogens with two attached hydrogens (primary N) is 1. The summed E-state index contributed by atoms with van der Waals surface area (Å²) in [5.74, 6) is 1.90. The molecule has 0 spiro atoms. The molecule has 1 aromatic rings. The van der Waals surface area contributed by atoms with Crippen molar-refractivity contribution in [3.8, 4) is 0 Å². The van der Waals surface area contributed by atoms with E-state index < -0.39 is 0 Å². The van der Waals surface area contributed by atoms with E-state index in [4.69, 9.17) is 10.7 Å². The van der Waals surface area contributed by atoms with Crippen molar-refractivity contribution in [2.24, 2.45) is 17.6 Å². The first kappa shape index (κ1) is 13.4. The van der Waals surface area contributed by atoms with Gasteiger partial charge in [-0.05, 0) is 31.1 Å². The summed E-state index contributed by atoms with van der Waals surface area (Å²) in [6.45, 7) is 5.24. The zero-order valence-electron chi connectivity index (χ0n) is 11.9. The highest BCUT2D eigenvalue weighted by molar-refractivity contribution is 7.15. The third-order valence-electron chi connectivity index (χ3n) is 4.85. The molecule has 4 heteroatoms. The fourth-order valence-electron chi connectivity index (χ4n) is 3.72. The van der Waals surface area contributed by atoms with Crippen molar-refractivity contribution in [1.29, 1.82) is 0 Å². The third kappa shape index (κ3) is 2.65. The Bertz CT molecular complexity index is 408. The normalized spacial score (nSPS) is 27.4. The lowest BCUT2D eigenvalue weighted by Crippen LogP contribution is -2.41. The first-order valence-corrected chi connectivity index (χ1v) is 8.57. The molecule has 19 heavy (non-hydrogen) atoms. The number of nitrogens with zero attached hydrogens (tertiary/aromatic N) is 2. The summed E-state index contributed by atoms with van der Waals surface area (Å²) in [7, 11) is 0. The van der Waals surface area contributed by atoms with Gasteiger partial charge in [-0.2, -0.15) is 0 Å². The summed E-state index contributed by atoms with van der Waals surface area (Å²) in [6, 6.07) is 0. The molecule has 1 aliphatic heterocycles. The molecule has 1 aromatic heterocycles. The van der Waals surface area contributed by atoms with Crippen molar-refractivity contribution in [1.82, 2.24) is 4.98 Å². The Morgan fingerprint density at radius 2 is 2.05 bits per heavy atom. The van der Waals surface area contributed by atoms with Crippen molar-refractivity contribution in [2.75, 3.05) is 18.0 Å². The summed E-state index contributed by atoms with van der Waals surface area (Å²) in [5, 5.41) is 1.22. The van der Waals surface area contributed by atoms with Crippen LogP contribution < -0.4 is 10.6 Å². The maximum Gasteiger partial charge on any atom is 0.185 e. The highest BCUT2D eigenvalue weighted by atomic mass is 32.1. The molecule has 2 fully saturated rings.